The minimum absolute atomic E-state index is 0.0152. The zero-order valence-electron chi connectivity index (χ0n) is 19.2. The molecule has 3 rings (SSSR count). The maximum Gasteiger partial charge on any atom is 0.303 e. The number of hydrogen-bond acceptors (Lipinski definition) is 7. The summed E-state index contributed by atoms with van der Waals surface area (Å²) in [4.78, 5) is 49.7. The van der Waals surface area contributed by atoms with Crippen molar-refractivity contribution in [3.05, 3.63) is 22.5 Å². The molecule has 31 heavy (non-hydrogen) atoms. The van der Waals surface area contributed by atoms with Crippen LogP contribution in [0.1, 0.15) is 67.2 Å². The molecule has 170 valence electrons. The van der Waals surface area contributed by atoms with Crippen molar-refractivity contribution in [1.82, 2.24) is 0 Å². The normalized spacial score (nSPS) is 31.0. The molecule has 0 aromatic carbocycles. The number of carbonyl (C=O) groups excluding carboxylic acids is 4. The van der Waals surface area contributed by atoms with E-state index in [0.29, 0.717) is 6.42 Å². The standard InChI is InChI=1S/C24H32O7/c1-12(11-30-13(2)25)17-20(27)18-15(31-14(3)26)10-16-23(4,5)8-7-9-24(16,6)19(18)22(29)21(17)28/h12,15-16,27H,7-11H2,1-6H3/t12?,15-,16-,24-/m1/s1. The first-order valence-corrected chi connectivity index (χ1v) is 10.9. The first-order chi connectivity index (χ1) is 14.3. The molecule has 1 fully saturated rings. The molecule has 0 aromatic rings. The molecule has 7 heteroatoms. The van der Waals surface area contributed by atoms with E-state index in [1.807, 2.05) is 6.92 Å². The summed E-state index contributed by atoms with van der Waals surface area (Å²) in [7, 11) is 0. The number of aliphatic hydroxyl groups excluding tert-OH is 1. The highest BCUT2D eigenvalue weighted by atomic mass is 16.5. The van der Waals surface area contributed by atoms with E-state index < -0.39 is 40.9 Å². The molecule has 0 amide bonds. The number of fused-ring (bicyclic) bond motifs is 2. The lowest BCUT2D eigenvalue weighted by Crippen LogP contribution is -2.53. The van der Waals surface area contributed by atoms with Crippen molar-refractivity contribution < 1.29 is 33.8 Å². The first-order valence-electron chi connectivity index (χ1n) is 10.9. The second-order valence-electron chi connectivity index (χ2n) is 10.1. The molecule has 0 heterocycles. The molecule has 0 aliphatic heterocycles. The molecule has 0 aromatic heterocycles. The molecule has 1 N–H and O–H groups in total. The Kier molecular flexibility index (Phi) is 5.93. The van der Waals surface area contributed by atoms with Crippen LogP contribution in [0.2, 0.25) is 0 Å². The Morgan fingerprint density at radius 3 is 2.32 bits per heavy atom. The lowest BCUT2D eigenvalue weighted by molar-refractivity contribution is -0.149. The molecular formula is C24H32O7. The van der Waals surface area contributed by atoms with Gasteiger partial charge in [-0.2, -0.15) is 0 Å². The van der Waals surface area contributed by atoms with Crippen LogP contribution in [0.25, 0.3) is 0 Å². The van der Waals surface area contributed by atoms with Crippen molar-refractivity contribution in [3.8, 4) is 0 Å². The van der Waals surface area contributed by atoms with Gasteiger partial charge in [-0.15, -0.1) is 0 Å². The minimum Gasteiger partial charge on any atom is -0.507 e. The number of carbonyl (C=O) groups is 4. The van der Waals surface area contributed by atoms with Gasteiger partial charge in [-0.3, -0.25) is 19.2 Å². The summed E-state index contributed by atoms with van der Waals surface area (Å²) >= 11 is 0. The number of Topliss-reactive ketones (excluding diaryl/α,β-unsaturated/α-hetero) is 2. The minimum atomic E-state index is -0.809. The molecule has 0 radical (unpaired) electrons. The van der Waals surface area contributed by atoms with Gasteiger partial charge in [0.25, 0.3) is 0 Å². The van der Waals surface area contributed by atoms with Crippen molar-refractivity contribution in [3.63, 3.8) is 0 Å². The Balaban J connectivity index is 2.21. The van der Waals surface area contributed by atoms with E-state index in [9.17, 15) is 24.3 Å². The summed E-state index contributed by atoms with van der Waals surface area (Å²) < 4.78 is 10.6. The topological polar surface area (TPSA) is 107 Å². The van der Waals surface area contributed by atoms with E-state index in [2.05, 4.69) is 13.8 Å². The first kappa shape index (κ1) is 23.2. The third kappa shape index (κ3) is 3.83. The van der Waals surface area contributed by atoms with Crippen molar-refractivity contribution in [2.24, 2.45) is 22.7 Å². The van der Waals surface area contributed by atoms with Crippen LogP contribution in [0.4, 0.5) is 0 Å². The molecule has 7 nitrogen and oxygen atoms in total. The number of aliphatic hydroxyl groups is 1. The Labute approximate surface area is 182 Å². The van der Waals surface area contributed by atoms with Gasteiger partial charge in [-0.1, -0.05) is 34.1 Å². The predicted octanol–water partition coefficient (Wildman–Crippen LogP) is 3.61. The second kappa shape index (κ2) is 7.92. The summed E-state index contributed by atoms with van der Waals surface area (Å²) in [6.07, 6.45) is 2.25. The number of rotatable bonds is 4. The van der Waals surface area contributed by atoms with Crippen LogP contribution in [0.15, 0.2) is 22.5 Å². The second-order valence-corrected chi connectivity index (χ2v) is 10.1. The van der Waals surface area contributed by atoms with Crippen LogP contribution in [0.5, 0.6) is 0 Å². The molecule has 0 bridgehead atoms. The highest BCUT2D eigenvalue weighted by Crippen LogP contribution is 2.61. The van der Waals surface area contributed by atoms with Gasteiger partial charge in [0.05, 0.1) is 12.2 Å². The van der Waals surface area contributed by atoms with Crippen LogP contribution in [0.3, 0.4) is 0 Å². The fourth-order valence-corrected chi connectivity index (χ4v) is 6.03. The number of ether oxygens (including phenoxy) is 2. The van der Waals surface area contributed by atoms with Crippen molar-refractivity contribution in [1.29, 1.82) is 0 Å². The van der Waals surface area contributed by atoms with Gasteiger partial charge in [0.1, 0.15) is 11.9 Å². The van der Waals surface area contributed by atoms with E-state index in [-0.39, 0.29) is 40.4 Å². The zero-order chi connectivity index (χ0) is 23.3. The van der Waals surface area contributed by atoms with E-state index in [1.54, 1.807) is 6.92 Å². The van der Waals surface area contributed by atoms with E-state index in [0.717, 1.165) is 19.3 Å². The molecule has 4 atom stereocenters. The Hall–Kier alpha value is -2.44. The van der Waals surface area contributed by atoms with Crippen molar-refractivity contribution in [2.45, 2.75) is 73.3 Å². The smallest absolute Gasteiger partial charge is 0.303 e. The molecule has 1 unspecified atom stereocenters. The molecular weight excluding hydrogens is 400 g/mol. The fourth-order valence-electron chi connectivity index (χ4n) is 6.03. The van der Waals surface area contributed by atoms with Gasteiger partial charge in [-0.05, 0) is 30.6 Å². The highest BCUT2D eigenvalue weighted by Gasteiger charge is 2.58. The molecule has 1 saturated carbocycles. The third-order valence-electron chi connectivity index (χ3n) is 7.37. The van der Waals surface area contributed by atoms with Crippen LogP contribution in [-0.2, 0) is 28.7 Å². The average Bonchev–Trinajstić information content (AvgIpc) is 2.64. The summed E-state index contributed by atoms with van der Waals surface area (Å²) in [6, 6.07) is 0. The van der Waals surface area contributed by atoms with Crippen LogP contribution < -0.4 is 0 Å². The lowest BCUT2D eigenvalue weighted by atomic mass is 9.48. The Morgan fingerprint density at radius 2 is 1.74 bits per heavy atom. The number of ketones is 2. The monoisotopic (exact) mass is 432 g/mol. The Bertz CT molecular complexity index is 907. The van der Waals surface area contributed by atoms with Gasteiger partial charge >= 0.3 is 11.9 Å². The number of hydrogen-bond donors (Lipinski definition) is 1. The van der Waals surface area contributed by atoms with E-state index in [4.69, 9.17) is 9.47 Å². The maximum atomic E-state index is 13.5. The van der Waals surface area contributed by atoms with Crippen LogP contribution >= 0.6 is 0 Å². The van der Waals surface area contributed by atoms with Crippen LogP contribution in [0, 0.1) is 22.7 Å². The largest absolute Gasteiger partial charge is 0.507 e. The summed E-state index contributed by atoms with van der Waals surface area (Å²) in [5, 5.41) is 11.2. The number of esters is 2. The summed E-state index contributed by atoms with van der Waals surface area (Å²) in [5.41, 5.74) is -0.261. The average molecular weight is 433 g/mol. The zero-order valence-corrected chi connectivity index (χ0v) is 19.2. The van der Waals surface area contributed by atoms with Gasteiger partial charge in [0, 0.05) is 36.3 Å². The quantitative estimate of drug-likeness (QED) is 0.411. The SMILES string of the molecule is CC(=O)OCC(C)C1=C(O)C2=C(C(=O)C1=O)[C@]1(C)CCCC(C)(C)[C@H]1C[C@H]2OC(C)=O. The number of allylic oxidation sites excluding steroid dienone is 1. The fraction of sp³-hybridized carbons (Fsp3) is 0.667. The van der Waals surface area contributed by atoms with Gasteiger partial charge in [-0.25, -0.2) is 0 Å². The Morgan fingerprint density at radius 1 is 1.10 bits per heavy atom. The van der Waals surface area contributed by atoms with Crippen molar-refractivity contribution >= 4 is 23.5 Å². The molecule has 0 saturated heterocycles. The van der Waals surface area contributed by atoms with Gasteiger partial charge in [0.15, 0.2) is 0 Å². The van der Waals surface area contributed by atoms with Gasteiger partial charge < -0.3 is 14.6 Å². The summed E-state index contributed by atoms with van der Waals surface area (Å²) in [5.74, 6) is -3.43. The molecule has 3 aliphatic rings. The van der Waals surface area contributed by atoms with Crippen molar-refractivity contribution in [2.75, 3.05) is 6.61 Å². The summed E-state index contributed by atoms with van der Waals surface area (Å²) in [6.45, 7) is 10.3. The predicted molar refractivity (Wildman–Crippen MR) is 112 cm³/mol. The van der Waals surface area contributed by atoms with E-state index in [1.165, 1.54) is 13.8 Å². The van der Waals surface area contributed by atoms with Crippen LogP contribution in [-0.4, -0.2) is 41.3 Å². The lowest BCUT2D eigenvalue weighted by Gasteiger charge is -2.56. The molecule has 3 aliphatic carbocycles. The maximum absolute atomic E-state index is 13.5. The third-order valence-corrected chi connectivity index (χ3v) is 7.37. The van der Waals surface area contributed by atoms with Gasteiger partial charge in [0.2, 0.25) is 11.6 Å². The highest BCUT2D eigenvalue weighted by molar-refractivity contribution is 6.50. The molecule has 0 spiro atoms. The van der Waals surface area contributed by atoms with E-state index >= 15 is 0 Å².